The monoisotopic (exact) mass is 592 g/mol. The van der Waals surface area contributed by atoms with Gasteiger partial charge in [-0.1, -0.05) is 37.3 Å². The van der Waals surface area contributed by atoms with Crippen molar-refractivity contribution in [1.82, 2.24) is 20.9 Å². The Morgan fingerprint density at radius 2 is 1.70 bits per heavy atom. The van der Waals surface area contributed by atoms with Gasteiger partial charge >= 0.3 is 5.97 Å². The van der Waals surface area contributed by atoms with Crippen LogP contribution in [-0.2, 0) is 30.3 Å². The number of unbranched alkanes of at least 4 members (excludes halogenated alkanes) is 1. The lowest BCUT2D eigenvalue weighted by molar-refractivity contribution is -0.144. The van der Waals surface area contributed by atoms with Gasteiger partial charge in [-0.25, -0.2) is 4.79 Å². The van der Waals surface area contributed by atoms with Crippen LogP contribution >= 0.6 is 0 Å². The van der Waals surface area contributed by atoms with E-state index in [1.807, 2.05) is 6.07 Å². The van der Waals surface area contributed by atoms with Gasteiger partial charge in [0.1, 0.15) is 29.4 Å². The Balaban J connectivity index is 1.48. The Kier molecular flexibility index (Phi) is 10.4. The fraction of sp³-hybridized carbons (Fsp3) is 0.469. The van der Waals surface area contributed by atoms with Crippen LogP contribution in [-0.4, -0.2) is 76.4 Å². The molecule has 2 heterocycles. The maximum absolute atomic E-state index is 13.8. The summed E-state index contributed by atoms with van der Waals surface area (Å²) in [6.07, 6.45) is 2.64. The summed E-state index contributed by atoms with van der Waals surface area (Å²) >= 11 is 0. The number of hydrogen-bond acceptors (Lipinski definition) is 7. The normalized spacial score (nSPS) is 24.6. The SMILES string of the molecule is CC[C@]1(C)NC(=O)[C@H](CCCCOC(=O)c2ccccc2)NC(=O)[C@H]2CCCN2C(=O)[C@H](Cc2ccc(O)cc2)NC1=O. The molecular weight excluding hydrogens is 552 g/mol. The Morgan fingerprint density at radius 1 is 0.977 bits per heavy atom. The molecule has 2 fully saturated rings. The number of carbonyl (C=O) groups excluding carboxylic acids is 5. The quantitative estimate of drug-likeness (QED) is 0.257. The highest BCUT2D eigenvalue weighted by atomic mass is 16.5. The van der Waals surface area contributed by atoms with E-state index < -0.39 is 47.4 Å². The molecule has 0 bridgehead atoms. The number of nitrogens with zero attached hydrogens (tertiary/aromatic N) is 1. The van der Waals surface area contributed by atoms with Crippen LogP contribution in [0.1, 0.15) is 68.3 Å². The van der Waals surface area contributed by atoms with E-state index in [4.69, 9.17) is 4.74 Å². The zero-order valence-electron chi connectivity index (χ0n) is 24.6. The van der Waals surface area contributed by atoms with Crippen molar-refractivity contribution in [1.29, 1.82) is 0 Å². The summed E-state index contributed by atoms with van der Waals surface area (Å²) in [5.74, 6) is -2.15. The number of fused-ring (bicyclic) bond motifs is 1. The van der Waals surface area contributed by atoms with Gasteiger partial charge in [-0.05, 0) is 75.3 Å². The molecule has 230 valence electrons. The van der Waals surface area contributed by atoms with Crippen molar-refractivity contribution < 1.29 is 33.8 Å². The van der Waals surface area contributed by atoms with E-state index in [1.54, 1.807) is 50.2 Å². The molecule has 0 aromatic heterocycles. The zero-order chi connectivity index (χ0) is 31.0. The van der Waals surface area contributed by atoms with E-state index in [-0.39, 0.29) is 37.5 Å². The molecule has 4 amide bonds. The number of phenolic OH excluding ortho intramolecular Hbond substituents is 1. The first-order valence-electron chi connectivity index (χ1n) is 14.8. The van der Waals surface area contributed by atoms with Gasteiger partial charge in [0.05, 0.1) is 12.2 Å². The second kappa shape index (κ2) is 14.2. The maximum atomic E-state index is 13.8. The van der Waals surface area contributed by atoms with Crippen LogP contribution < -0.4 is 16.0 Å². The number of benzene rings is 2. The second-order valence-corrected chi connectivity index (χ2v) is 11.3. The van der Waals surface area contributed by atoms with Gasteiger partial charge in [0.15, 0.2) is 0 Å². The van der Waals surface area contributed by atoms with Crippen molar-refractivity contribution in [2.45, 2.75) is 82.5 Å². The number of aromatic hydroxyl groups is 1. The minimum atomic E-state index is -1.34. The van der Waals surface area contributed by atoms with Gasteiger partial charge in [0, 0.05) is 13.0 Å². The first-order valence-corrected chi connectivity index (χ1v) is 14.8. The third-order valence-electron chi connectivity index (χ3n) is 8.19. The molecule has 0 saturated carbocycles. The van der Waals surface area contributed by atoms with Crippen molar-refractivity contribution in [2.24, 2.45) is 0 Å². The number of phenols is 1. The Labute approximate surface area is 251 Å². The minimum absolute atomic E-state index is 0.0816. The maximum Gasteiger partial charge on any atom is 0.338 e. The van der Waals surface area contributed by atoms with Crippen LogP contribution in [0.25, 0.3) is 0 Å². The second-order valence-electron chi connectivity index (χ2n) is 11.3. The van der Waals surface area contributed by atoms with Crippen LogP contribution in [0.5, 0.6) is 5.75 Å². The molecule has 43 heavy (non-hydrogen) atoms. The van der Waals surface area contributed by atoms with Crippen LogP contribution in [0.2, 0.25) is 0 Å². The fourth-order valence-electron chi connectivity index (χ4n) is 5.36. The molecule has 0 spiro atoms. The number of nitrogens with one attached hydrogen (secondary N) is 3. The molecule has 4 atom stereocenters. The predicted molar refractivity (Wildman–Crippen MR) is 158 cm³/mol. The lowest BCUT2D eigenvalue weighted by atomic mass is 9.94. The Bertz CT molecular complexity index is 1320. The van der Waals surface area contributed by atoms with Gasteiger partial charge in [-0.3, -0.25) is 19.2 Å². The summed E-state index contributed by atoms with van der Waals surface area (Å²) in [4.78, 5) is 68.1. The number of hydrogen-bond donors (Lipinski definition) is 4. The van der Waals surface area contributed by atoms with Crippen molar-refractivity contribution in [3.63, 3.8) is 0 Å². The van der Waals surface area contributed by atoms with Gasteiger partial charge in [0.2, 0.25) is 23.6 Å². The number of rotatable bonds is 9. The van der Waals surface area contributed by atoms with Gasteiger partial charge in [-0.2, -0.15) is 0 Å². The van der Waals surface area contributed by atoms with Crippen LogP contribution in [0, 0.1) is 0 Å². The average molecular weight is 593 g/mol. The van der Waals surface area contributed by atoms with Gasteiger partial charge < -0.3 is 30.7 Å². The Hall–Kier alpha value is -4.41. The van der Waals surface area contributed by atoms with E-state index in [0.717, 1.165) is 5.56 Å². The number of ether oxygens (including phenoxy) is 1. The molecule has 2 aliphatic rings. The summed E-state index contributed by atoms with van der Waals surface area (Å²) in [6, 6.07) is 12.3. The van der Waals surface area contributed by atoms with Crippen molar-refractivity contribution in [2.75, 3.05) is 13.2 Å². The third-order valence-corrected chi connectivity index (χ3v) is 8.19. The fourth-order valence-corrected chi connectivity index (χ4v) is 5.36. The first-order chi connectivity index (χ1) is 20.6. The topological polar surface area (TPSA) is 154 Å². The molecule has 0 radical (unpaired) electrons. The predicted octanol–water partition coefficient (Wildman–Crippen LogP) is 2.22. The zero-order valence-corrected chi connectivity index (χ0v) is 24.6. The molecule has 11 nitrogen and oxygen atoms in total. The number of carbonyl (C=O) groups is 5. The number of esters is 1. The summed E-state index contributed by atoms with van der Waals surface area (Å²) in [5, 5.41) is 18.2. The molecule has 0 aliphatic carbocycles. The van der Waals surface area contributed by atoms with E-state index >= 15 is 0 Å². The van der Waals surface area contributed by atoms with E-state index in [1.165, 1.54) is 17.0 Å². The van der Waals surface area contributed by atoms with Crippen molar-refractivity contribution in [3.8, 4) is 5.75 Å². The van der Waals surface area contributed by atoms with Gasteiger partial charge in [0.25, 0.3) is 0 Å². The van der Waals surface area contributed by atoms with Crippen LogP contribution in [0.4, 0.5) is 0 Å². The minimum Gasteiger partial charge on any atom is -0.508 e. The van der Waals surface area contributed by atoms with E-state index in [9.17, 15) is 29.1 Å². The summed E-state index contributed by atoms with van der Waals surface area (Å²) in [6.45, 7) is 3.86. The van der Waals surface area contributed by atoms with Crippen molar-refractivity contribution in [3.05, 3.63) is 65.7 Å². The largest absolute Gasteiger partial charge is 0.508 e. The highest BCUT2D eigenvalue weighted by Gasteiger charge is 2.43. The lowest BCUT2D eigenvalue weighted by Crippen LogP contribution is -2.65. The molecule has 2 saturated heterocycles. The van der Waals surface area contributed by atoms with Crippen molar-refractivity contribution >= 4 is 29.6 Å². The number of amides is 4. The van der Waals surface area contributed by atoms with E-state index in [2.05, 4.69) is 16.0 Å². The highest BCUT2D eigenvalue weighted by Crippen LogP contribution is 2.22. The van der Waals surface area contributed by atoms with Gasteiger partial charge in [-0.15, -0.1) is 0 Å². The average Bonchev–Trinajstić information content (AvgIpc) is 3.50. The molecule has 2 aromatic rings. The molecule has 0 unspecified atom stereocenters. The van der Waals surface area contributed by atoms with Crippen LogP contribution in [0.15, 0.2) is 54.6 Å². The summed E-state index contributed by atoms with van der Waals surface area (Å²) in [5.41, 5.74) is -0.172. The summed E-state index contributed by atoms with van der Waals surface area (Å²) < 4.78 is 5.33. The highest BCUT2D eigenvalue weighted by molar-refractivity contribution is 5.99. The molecule has 4 rings (SSSR count). The molecule has 2 aliphatic heterocycles. The lowest BCUT2D eigenvalue weighted by Gasteiger charge is -2.36. The smallest absolute Gasteiger partial charge is 0.338 e. The molecule has 2 aromatic carbocycles. The Morgan fingerprint density at radius 3 is 2.40 bits per heavy atom. The molecule has 11 heteroatoms. The molecular formula is C32H40N4O7. The van der Waals surface area contributed by atoms with Crippen LogP contribution in [0.3, 0.4) is 0 Å². The standard InChI is InChI=1S/C32H40N4O7/c1-3-32(2)31(42)34-25(20-21-14-16-23(37)17-15-21)29(40)36-18-9-13-26(36)28(39)33-24(27(38)35-32)12-7-8-19-43-30(41)22-10-5-4-6-11-22/h4-6,10-11,14-17,24-26,37H,3,7-9,12-13,18-20H2,1-2H3,(H,33,39)(H,34,42)(H,35,38)/t24-,25-,26+,32-/m0/s1. The van der Waals surface area contributed by atoms with E-state index in [0.29, 0.717) is 37.8 Å². The third kappa shape index (κ3) is 7.91. The summed E-state index contributed by atoms with van der Waals surface area (Å²) in [7, 11) is 0. The molecule has 4 N–H and O–H groups in total. The first kappa shape index (κ1) is 31.5.